The number of nitrogens with one attached hydrogen (secondary N) is 6. The summed E-state index contributed by atoms with van der Waals surface area (Å²) >= 11 is 0. The minimum absolute atomic E-state index is 0.0802. The summed E-state index contributed by atoms with van der Waals surface area (Å²) in [5.41, 5.74) is 11.8. The van der Waals surface area contributed by atoms with Crippen LogP contribution in [0.2, 0.25) is 0 Å². The first-order valence-corrected chi connectivity index (χ1v) is 19.4. The molecule has 1 aliphatic rings. The first-order chi connectivity index (χ1) is 26.7. The number of carboxylic acids is 1. The Bertz CT molecular complexity index is 1540. The molecule has 12 N–H and O–H groups in total. The minimum atomic E-state index is -1.54. The lowest BCUT2D eigenvalue weighted by Gasteiger charge is -2.30. The van der Waals surface area contributed by atoms with Gasteiger partial charge in [-0.3, -0.25) is 33.6 Å². The predicted molar refractivity (Wildman–Crippen MR) is 206 cm³/mol. The Morgan fingerprint density at radius 1 is 0.789 bits per heavy atom. The second-order valence-corrected chi connectivity index (χ2v) is 15.8. The van der Waals surface area contributed by atoms with Gasteiger partial charge in [0.2, 0.25) is 41.4 Å². The van der Waals surface area contributed by atoms with Crippen molar-refractivity contribution in [2.75, 3.05) is 13.2 Å². The SMILES string of the molecule is CC(C)C[C@H](NC(=O)[C@H](CO)NC(=O)[C@H](CC(C)C)NC(=O)[C@H](Cc1cnc[nH]1)NC(=O)[C@@H]1CCCN1C(=O)[C@H](CCC(N)=O)NC(=O)[C@@H](N)CC(C)C)C(=O)O. The molecule has 1 aliphatic heterocycles. The molecule has 0 radical (unpaired) electrons. The number of hydrogen-bond donors (Lipinski definition) is 10. The molecule has 20 nitrogen and oxygen atoms in total. The molecule has 320 valence electrons. The summed E-state index contributed by atoms with van der Waals surface area (Å²) in [6.45, 7) is 10.2. The molecule has 57 heavy (non-hydrogen) atoms. The van der Waals surface area contributed by atoms with E-state index in [0.717, 1.165) is 0 Å². The molecule has 1 fully saturated rings. The number of hydrogen-bond acceptors (Lipinski definition) is 11. The number of rotatable bonds is 24. The molecule has 0 bridgehead atoms. The van der Waals surface area contributed by atoms with Crippen LogP contribution in [0.25, 0.3) is 0 Å². The smallest absolute Gasteiger partial charge is 0.326 e. The average Bonchev–Trinajstić information content (AvgIpc) is 3.83. The summed E-state index contributed by atoms with van der Waals surface area (Å²) in [7, 11) is 0. The van der Waals surface area contributed by atoms with Crippen LogP contribution >= 0.6 is 0 Å². The van der Waals surface area contributed by atoms with Crippen LogP contribution in [-0.4, -0.2) is 128 Å². The third-order valence-corrected chi connectivity index (χ3v) is 9.28. The normalized spacial score (nSPS) is 17.2. The standard InChI is InChI=1S/C37H62N10O10/c1-19(2)12-23(38)31(50)42-24(9-10-30(39)49)36(55)47-11-7-8-29(47)35(54)44-26(15-22-16-40-18-41-22)33(52)43-25(13-20(3)4)32(51)46-28(17-48)34(53)45-27(37(56)57)14-21(5)6/h16,18-21,23-29,48H,7-15,17,38H2,1-6H3,(H2,39,49)(H,40,41)(H,42,50)(H,43,52)(H,44,54)(H,45,53)(H,46,51)(H,56,57)/t23-,24-,25-,26-,27-,28-,29-/m0/s1. The Labute approximate surface area is 332 Å². The number of imidazole rings is 1. The van der Waals surface area contributed by atoms with Gasteiger partial charge in [0.1, 0.15) is 36.3 Å². The third kappa shape index (κ3) is 16.1. The summed E-state index contributed by atoms with van der Waals surface area (Å²) in [4.78, 5) is 113. The zero-order chi connectivity index (χ0) is 43.0. The fraction of sp³-hybridized carbons (Fsp3) is 0.703. The first kappa shape index (κ1) is 48.0. The number of nitrogens with zero attached hydrogens (tertiary/aromatic N) is 2. The molecule has 0 spiro atoms. The van der Waals surface area contributed by atoms with Crippen LogP contribution < -0.4 is 38.1 Å². The zero-order valence-electron chi connectivity index (χ0n) is 33.7. The number of aliphatic carboxylic acids is 1. The molecule has 1 aromatic heterocycles. The second-order valence-electron chi connectivity index (χ2n) is 15.8. The van der Waals surface area contributed by atoms with E-state index in [-0.39, 0.29) is 62.8 Å². The Morgan fingerprint density at radius 2 is 1.33 bits per heavy atom. The van der Waals surface area contributed by atoms with Crippen molar-refractivity contribution in [2.24, 2.45) is 29.2 Å². The Hall–Kier alpha value is -5.11. The van der Waals surface area contributed by atoms with Crippen molar-refractivity contribution in [2.45, 2.75) is 135 Å². The number of carboxylic acid groups (broad SMARTS) is 1. The summed E-state index contributed by atoms with van der Waals surface area (Å²) in [6.07, 6.45) is 3.55. The monoisotopic (exact) mass is 806 g/mol. The number of amides is 7. The number of primary amides is 1. The van der Waals surface area contributed by atoms with Gasteiger partial charge in [0, 0.05) is 31.3 Å². The van der Waals surface area contributed by atoms with Gasteiger partial charge in [-0.1, -0.05) is 41.5 Å². The quantitative estimate of drug-likeness (QED) is 0.0552. The van der Waals surface area contributed by atoms with Gasteiger partial charge in [-0.05, 0) is 56.3 Å². The van der Waals surface area contributed by atoms with Crippen molar-refractivity contribution in [3.05, 3.63) is 18.2 Å². The highest BCUT2D eigenvalue weighted by atomic mass is 16.4. The Balaban J connectivity index is 2.30. The third-order valence-electron chi connectivity index (χ3n) is 9.28. The predicted octanol–water partition coefficient (Wildman–Crippen LogP) is -1.82. The lowest BCUT2D eigenvalue weighted by molar-refractivity contribution is -0.143. The van der Waals surface area contributed by atoms with Crippen LogP contribution in [0.15, 0.2) is 12.5 Å². The number of carbonyl (C=O) groups excluding carboxylic acids is 7. The lowest BCUT2D eigenvalue weighted by atomic mass is 10.0. The number of aromatic amines is 1. The van der Waals surface area contributed by atoms with Crippen molar-refractivity contribution < 1.29 is 48.6 Å². The van der Waals surface area contributed by atoms with E-state index in [2.05, 4.69) is 36.6 Å². The number of H-pyrrole nitrogens is 1. The Kier molecular flexibility index (Phi) is 19.6. The molecule has 7 atom stereocenters. The van der Waals surface area contributed by atoms with Gasteiger partial charge < -0.3 is 58.1 Å². The molecule has 1 aromatic rings. The van der Waals surface area contributed by atoms with Gasteiger partial charge >= 0.3 is 5.97 Å². The summed E-state index contributed by atoms with van der Waals surface area (Å²) in [6, 6.07) is -8.54. The molecule has 2 rings (SSSR count). The molecular formula is C37H62N10O10. The van der Waals surface area contributed by atoms with Crippen molar-refractivity contribution in [1.82, 2.24) is 41.5 Å². The van der Waals surface area contributed by atoms with Crippen molar-refractivity contribution in [3.8, 4) is 0 Å². The van der Waals surface area contributed by atoms with E-state index in [1.54, 1.807) is 27.7 Å². The first-order valence-electron chi connectivity index (χ1n) is 19.4. The van der Waals surface area contributed by atoms with Crippen molar-refractivity contribution in [3.63, 3.8) is 0 Å². The van der Waals surface area contributed by atoms with E-state index in [4.69, 9.17) is 11.5 Å². The molecule has 2 heterocycles. The molecule has 1 saturated heterocycles. The second kappa shape index (κ2) is 23.2. The molecule has 0 aromatic carbocycles. The topological polar surface area (TPSA) is 321 Å². The maximum Gasteiger partial charge on any atom is 0.326 e. The van der Waals surface area contributed by atoms with Crippen LogP contribution in [0.5, 0.6) is 0 Å². The number of nitrogens with two attached hydrogens (primary N) is 2. The average molecular weight is 807 g/mol. The number of likely N-dealkylation sites (tertiary alicyclic amines) is 1. The number of aliphatic hydroxyl groups excluding tert-OH is 1. The van der Waals surface area contributed by atoms with Gasteiger partial charge in [0.25, 0.3) is 0 Å². The number of carbonyl (C=O) groups is 8. The fourth-order valence-electron chi connectivity index (χ4n) is 6.44. The fourth-order valence-corrected chi connectivity index (χ4v) is 6.44. The molecule has 7 amide bonds. The Morgan fingerprint density at radius 3 is 1.88 bits per heavy atom. The lowest BCUT2D eigenvalue weighted by Crippen LogP contribution is -2.60. The van der Waals surface area contributed by atoms with Crippen LogP contribution in [0.4, 0.5) is 0 Å². The van der Waals surface area contributed by atoms with Crippen LogP contribution in [0, 0.1) is 17.8 Å². The highest BCUT2D eigenvalue weighted by molar-refractivity contribution is 5.97. The van der Waals surface area contributed by atoms with Gasteiger partial charge in [-0.2, -0.15) is 0 Å². The molecule has 0 unspecified atom stereocenters. The zero-order valence-corrected chi connectivity index (χ0v) is 33.7. The summed E-state index contributed by atoms with van der Waals surface area (Å²) in [5.74, 6) is -6.57. The summed E-state index contributed by atoms with van der Waals surface area (Å²) in [5, 5.41) is 32.2. The van der Waals surface area contributed by atoms with E-state index in [9.17, 15) is 48.6 Å². The highest BCUT2D eigenvalue weighted by Crippen LogP contribution is 2.21. The maximum atomic E-state index is 13.9. The number of aromatic nitrogens is 2. The van der Waals surface area contributed by atoms with Gasteiger partial charge in [0.05, 0.1) is 19.0 Å². The van der Waals surface area contributed by atoms with E-state index >= 15 is 0 Å². The maximum absolute atomic E-state index is 13.9. The van der Waals surface area contributed by atoms with Crippen molar-refractivity contribution in [1.29, 1.82) is 0 Å². The highest BCUT2D eigenvalue weighted by Gasteiger charge is 2.40. The van der Waals surface area contributed by atoms with Gasteiger partial charge in [-0.25, -0.2) is 9.78 Å². The van der Waals surface area contributed by atoms with Crippen LogP contribution in [-0.2, 0) is 44.8 Å². The van der Waals surface area contributed by atoms with E-state index in [1.165, 1.54) is 17.4 Å². The number of aliphatic hydroxyl groups is 1. The van der Waals surface area contributed by atoms with E-state index in [1.807, 2.05) is 13.8 Å². The van der Waals surface area contributed by atoms with Crippen LogP contribution in [0.3, 0.4) is 0 Å². The van der Waals surface area contributed by atoms with E-state index < -0.39 is 96.2 Å². The van der Waals surface area contributed by atoms with Gasteiger partial charge in [-0.15, -0.1) is 0 Å². The summed E-state index contributed by atoms with van der Waals surface area (Å²) < 4.78 is 0. The van der Waals surface area contributed by atoms with Crippen LogP contribution in [0.1, 0.15) is 92.2 Å². The largest absolute Gasteiger partial charge is 0.480 e. The molecule has 0 aliphatic carbocycles. The molecule has 20 heteroatoms. The van der Waals surface area contributed by atoms with Gasteiger partial charge in [0.15, 0.2) is 0 Å². The minimum Gasteiger partial charge on any atom is -0.480 e. The van der Waals surface area contributed by atoms with E-state index in [0.29, 0.717) is 18.5 Å². The van der Waals surface area contributed by atoms with Crippen molar-refractivity contribution >= 4 is 47.3 Å². The molecular weight excluding hydrogens is 744 g/mol. The molecule has 0 saturated carbocycles.